The fourth-order valence-corrected chi connectivity index (χ4v) is 5.20. The Morgan fingerprint density at radius 3 is 2.48 bits per heavy atom. The van der Waals surface area contributed by atoms with E-state index in [9.17, 15) is 19.5 Å². The normalized spacial score (nSPS) is 18.1. The van der Waals surface area contributed by atoms with Crippen LogP contribution in [0, 0.1) is 18.6 Å². The van der Waals surface area contributed by atoms with Crippen LogP contribution in [0.15, 0.2) is 30.5 Å². The van der Waals surface area contributed by atoms with Crippen LogP contribution in [0.1, 0.15) is 32.0 Å². The maximum atomic E-state index is 15.8. The minimum atomic E-state index is -1.06. The first kappa shape index (κ1) is 29.2. The van der Waals surface area contributed by atoms with E-state index in [2.05, 4.69) is 4.98 Å². The lowest BCUT2D eigenvalue weighted by Gasteiger charge is -2.35. The minimum Gasteiger partial charge on any atom is -0.465 e. The number of carbonyl (C=O) groups is 3. The van der Waals surface area contributed by atoms with Crippen molar-refractivity contribution in [1.29, 1.82) is 0 Å². The Balaban J connectivity index is 1.45. The van der Waals surface area contributed by atoms with Gasteiger partial charge in [0.2, 0.25) is 5.91 Å². The third kappa shape index (κ3) is 6.01. The summed E-state index contributed by atoms with van der Waals surface area (Å²) in [5.74, 6) is -2.32. The van der Waals surface area contributed by atoms with Gasteiger partial charge in [-0.1, -0.05) is 0 Å². The van der Waals surface area contributed by atoms with Gasteiger partial charge in [-0.3, -0.25) is 9.69 Å². The summed E-state index contributed by atoms with van der Waals surface area (Å²) in [4.78, 5) is 45.1. The molecule has 2 saturated heterocycles. The summed E-state index contributed by atoms with van der Waals surface area (Å²) < 4.78 is 44.4. The Bertz CT molecular complexity index is 1530. The Hall–Kier alpha value is -4.26. The average molecular weight is 586 g/mol. The van der Waals surface area contributed by atoms with Crippen molar-refractivity contribution in [1.82, 2.24) is 19.2 Å². The summed E-state index contributed by atoms with van der Waals surface area (Å²) in [6.45, 7) is 7.47. The summed E-state index contributed by atoms with van der Waals surface area (Å²) >= 11 is 0. The molecule has 0 spiro atoms. The Morgan fingerprint density at radius 1 is 1.12 bits per heavy atom. The van der Waals surface area contributed by atoms with Crippen molar-refractivity contribution in [3.63, 3.8) is 0 Å². The number of hydrogen-bond acceptors (Lipinski definition) is 6. The Kier molecular flexibility index (Phi) is 7.80. The fourth-order valence-electron chi connectivity index (χ4n) is 5.20. The number of carbonyl (C=O) groups excluding carboxylic acids is 2. The van der Waals surface area contributed by atoms with Gasteiger partial charge in [0.15, 0.2) is 0 Å². The van der Waals surface area contributed by atoms with Gasteiger partial charge in [0.25, 0.3) is 0 Å². The number of nitrogens with zero attached hydrogens (tertiary/aromatic N) is 5. The van der Waals surface area contributed by atoms with Crippen molar-refractivity contribution < 1.29 is 37.7 Å². The summed E-state index contributed by atoms with van der Waals surface area (Å²) in [5, 5.41) is 9.43. The van der Waals surface area contributed by atoms with Crippen molar-refractivity contribution in [2.75, 3.05) is 44.2 Å². The number of ether oxygens (including phenoxy) is 2. The van der Waals surface area contributed by atoms with Gasteiger partial charge in [0.05, 0.1) is 36.2 Å². The van der Waals surface area contributed by atoms with Crippen LogP contribution >= 0.6 is 0 Å². The number of aromatic nitrogens is 2. The molecule has 1 atom stereocenters. The van der Waals surface area contributed by atoms with Gasteiger partial charge in [-0.15, -0.1) is 0 Å². The van der Waals surface area contributed by atoms with Crippen LogP contribution in [0.2, 0.25) is 0 Å². The molecule has 0 saturated carbocycles. The van der Waals surface area contributed by atoms with Crippen molar-refractivity contribution in [3.8, 4) is 11.3 Å². The number of morpholine rings is 1. The second-order valence-electron chi connectivity index (χ2n) is 11.5. The average Bonchev–Trinajstić information content (AvgIpc) is 3.23. The van der Waals surface area contributed by atoms with Crippen molar-refractivity contribution in [2.24, 2.45) is 0 Å². The van der Waals surface area contributed by atoms with Crippen LogP contribution in [-0.2, 0) is 20.7 Å². The van der Waals surface area contributed by atoms with E-state index in [1.807, 2.05) is 13.0 Å². The lowest BCUT2D eigenvalue weighted by molar-refractivity contribution is -0.121. The lowest BCUT2D eigenvalue weighted by atomic mass is 10.0. The summed E-state index contributed by atoms with van der Waals surface area (Å²) in [7, 11) is 0. The number of aryl methyl sites for hydroxylation is 1. The van der Waals surface area contributed by atoms with Gasteiger partial charge in [-0.2, -0.15) is 0 Å². The molecule has 1 unspecified atom stereocenters. The summed E-state index contributed by atoms with van der Waals surface area (Å²) in [6, 6.07) is 5.79. The monoisotopic (exact) mass is 585 g/mol. The molecule has 1 aromatic carbocycles. The quantitative estimate of drug-likeness (QED) is 0.490. The van der Waals surface area contributed by atoms with E-state index in [-0.39, 0.29) is 62.7 Å². The van der Waals surface area contributed by atoms with Crippen LogP contribution in [0.4, 0.5) is 24.1 Å². The van der Waals surface area contributed by atoms with Gasteiger partial charge < -0.3 is 28.8 Å². The number of halogens is 2. The molecule has 2 aliphatic heterocycles. The number of pyridine rings is 1. The molecule has 224 valence electrons. The fraction of sp³-hybridized carbons (Fsp3) is 0.448. The van der Waals surface area contributed by atoms with Crippen LogP contribution in [-0.4, -0.2) is 93.4 Å². The molecule has 3 aromatic rings. The van der Waals surface area contributed by atoms with Crippen LogP contribution in [0.25, 0.3) is 16.9 Å². The summed E-state index contributed by atoms with van der Waals surface area (Å²) in [5.41, 5.74) is 0.846. The molecule has 42 heavy (non-hydrogen) atoms. The molecule has 2 aromatic heterocycles. The molecular weight excluding hydrogens is 552 g/mol. The molecule has 4 heterocycles. The van der Waals surface area contributed by atoms with E-state index in [1.165, 1.54) is 14.7 Å². The number of piperazine rings is 1. The van der Waals surface area contributed by atoms with Gasteiger partial charge in [-0.25, -0.2) is 23.4 Å². The highest BCUT2D eigenvalue weighted by molar-refractivity contribution is 5.97. The third-order valence-electron chi connectivity index (χ3n) is 7.16. The molecule has 1 N–H and O–H groups in total. The highest BCUT2D eigenvalue weighted by atomic mass is 19.1. The van der Waals surface area contributed by atoms with E-state index in [1.54, 1.807) is 37.4 Å². The van der Waals surface area contributed by atoms with Crippen molar-refractivity contribution in [2.45, 2.75) is 45.8 Å². The number of carboxylic acid groups (broad SMARTS) is 1. The largest absolute Gasteiger partial charge is 0.465 e. The number of imidazole rings is 1. The van der Waals surface area contributed by atoms with E-state index < -0.39 is 41.4 Å². The number of rotatable bonds is 4. The molecule has 2 aliphatic rings. The molecule has 3 amide bonds. The summed E-state index contributed by atoms with van der Waals surface area (Å²) in [6.07, 6.45) is -0.326. The van der Waals surface area contributed by atoms with Crippen LogP contribution in [0.5, 0.6) is 0 Å². The molecular formula is C29H33F2N5O6. The molecule has 2 fully saturated rings. The maximum absolute atomic E-state index is 15.8. The maximum Gasteiger partial charge on any atom is 0.410 e. The Morgan fingerprint density at radius 2 is 1.83 bits per heavy atom. The zero-order valence-corrected chi connectivity index (χ0v) is 23.9. The predicted octanol–water partition coefficient (Wildman–Crippen LogP) is 4.09. The molecule has 13 heteroatoms. The van der Waals surface area contributed by atoms with Gasteiger partial charge >= 0.3 is 12.2 Å². The van der Waals surface area contributed by atoms with Gasteiger partial charge in [0.1, 0.15) is 29.4 Å². The first-order valence-corrected chi connectivity index (χ1v) is 13.7. The highest BCUT2D eigenvalue weighted by Crippen LogP contribution is 2.34. The van der Waals surface area contributed by atoms with E-state index in [4.69, 9.17) is 9.47 Å². The minimum absolute atomic E-state index is 0.0245. The highest BCUT2D eigenvalue weighted by Gasteiger charge is 2.33. The smallest absolute Gasteiger partial charge is 0.410 e. The number of hydrogen-bond donors (Lipinski definition) is 1. The van der Waals surface area contributed by atoms with Gasteiger partial charge in [0, 0.05) is 37.9 Å². The van der Waals surface area contributed by atoms with E-state index in [0.29, 0.717) is 11.3 Å². The van der Waals surface area contributed by atoms with Crippen LogP contribution in [0.3, 0.4) is 0 Å². The molecule has 5 rings (SSSR count). The third-order valence-corrected chi connectivity index (χ3v) is 7.16. The topological polar surface area (TPSA) is 117 Å². The predicted molar refractivity (Wildman–Crippen MR) is 148 cm³/mol. The second-order valence-corrected chi connectivity index (χ2v) is 11.5. The first-order valence-electron chi connectivity index (χ1n) is 13.7. The Labute approximate surface area is 241 Å². The number of anilines is 1. The zero-order valence-electron chi connectivity index (χ0n) is 23.9. The van der Waals surface area contributed by atoms with E-state index >= 15 is 8.78 Å². The molecule has 0 bridgehead atoms. The molecule has 11 nitrogen and oxygen atoms in total. The number of fused-ring (bicyclic) bond motifs is 1. The van der Waals surface area contributed by atoms with Gasteiger partial charge in [-0.05, 0) is 57.5 Å². The first-order chi connectivity index (χ1) is 19.8. The zero-order chi connectivity index (χ0) is 30.3. The standard InChI is InChI=1S/C29H33F2N5O6/c1-17-5-6-36-22(14-19-15-33(27(38)39)9-10-41-19)26(32-23(36)11-17)25-20(30)12-18(13-21(25)31)35-8-7-34(16-24(35)37)28(40)42-29(2,3)4/h5-6,11-13,19H,7-10,14-16H2,1-4H3,(H,38,39). The van der Waals surface area contributed by atoms with Crippen molar-refractivity contribution in [3.05, 3.63) is 53.4 Å². The van der Waals surface area contributed by atoms with Crippen LogP contribution < -0.4 is 4.90 Å². The molecule has 0 aliphatic carbocycles. The SMILES string of the molecule is Cc1ccn2c(CC3CN(C(=O)O)CCO3)c(-c3c(F)cc(N4CCN(C(=O)OC(C)(C)C)CC4=O)cc3F)nc2c1. The number of benzene rings is 1. The van der Waals surface area contributed by atoms with E-state index in [0.717, 1.165) is 17.7 Å². The number of amides is 3. The van der Waals surface area contributed by atoms with Crippen molar-refractivity contribution >= 4 is 29.4 Å². The second kappa shape index (κ2) is 11.2. The lowest BCUT2D eigenvalue weighted by Crippen LogP contribution is -2.53. The molecule has 0 radical (unpaired) electrons.